The van der Waals surface area contributed by atoms with Crippen LogP contribution in [-0.2, 0) is 17.9 Å². The number of benzene rings is 2. The molecule has 0 atom stereocenters. The molecule has 0 aromatic heterocycles. The number of ether oxygens (including phenoxy) is 2. The average molecular weight is 292 g/mol. The van der Waals surface area contributed by atoms with E-state index in [1.54, 1.807) is 14.2 Å². The molecule has 0 saturated heterocycles. The van der Waals surface area contributed by atoms with Crippen LogP contribution in [0.3, 0.4) is 0 Å². The van der Waals surface area contributed by atoms with Crippen molar-refractivity contribution in [2.75, 3.05) is 19.5 Å². The highest BCUT2D eigenvalue weighted by Crippen LogP contribution is 2.27. The minimum Gasteiger partial charge on any atom is -0.496 e. The lowest BCUT2D eigenvalue weighted by atomic mass is 10.1. The van der Waals surface area contributed by atoms with E-state index < -0.39 is 0 Å². The zero-order valence-corrected chi connectivity index (χ0v) is 12.4. The lowest BCUT2D eigenvalue weighted by molar-refractivity contribution is 0.185. The molecule has 0 aliphatic rings. The van der Waals surface area contributed by atoms with Crippen molar-refractivity contribution in [3.05, 3.63) is 58.6 Å². The fraction of sp³-hybridized carbons (Fsp3) is 0.250. The van der Waals surface area contributed by atoms with Gasteiger partial charge in [-0.05, 0) is 18.2 Å². The summed E-state index contributed by atoms with van der Waals surface area (Å²) in [5, 5.41) is 4.08. The highest BCUT2D eigenvalue weighted by Gasteiger charge is 2.08. The van der Waals surface area contributed by atoms with Gasteiger partial charge in [-0.2, -0.15) is 0 Å². The van der Waals surface area contributed by atoms with Gasteiger partial charge in [-0.15, -0.1) is 0 Å². The van der Waals surface area contributed by atoms with E-state index in [0.717, 1.165) is 22.6 Å². The van der Waals surface area contributed by atoms with Gasteiger partial charge in [-0.25, -0.2) is 0 Å². The van der Waals surface area contributed by atoms with Crippen LogP contribution in [-0.4, -0.2) is 14.2 Å². The number of nitrogens with one attached hydrogen (secondary N) is 1. The summed E-state index contributed by atoms with van der Waals surface area (Å²) < 4.78 is 10.5. The zero-order chi connectivity index (χ0) is 14.4. The number of rotatable bonds is 6. The summed E-state index contributed by atoms with van der Waals surface area (Å²) in [5.41, 5.74) is 3.10. The summed E-state index contributed by atoms with van der Waals surface area (Å²) in [6.07, 6.45) is 0. The monoisotopic (exact) mass is 291 g/mol. The smallest absolute Gasteiger partial charge is 0.125 e. The van der Waals surface area contributed by atoms with Gasteiger partial charge in [0.2, 0.25) is 0 Å². The fourth-order valence-electron chi connectivity index (χ4n) is 2.06. The first-order valence-electron chi connectivity index (χ1n) is 6.38. The SMILES string of the molecule is COCc1ccccc1NCc1c(Cl)cccc1OC. The van der Waals surface area contributed by atoms with E-state index in [2.05, 4.69) is 5.32 Å². The van der Waals surface area contributed by atoms with E-state index >= 15 is 0 Å². The Labute approximate surface area is 124 Å². The van der Waals surface area contributed by atoms with E-state index in [0.29, 0.717) is 18.2 Å². The normalized spacial score (nSPS) is 10.3. The molecule has 20 heavy (non-hydrogen) atoms. The van der Waals surface area contributed by atoms with Crippen molar-refractivity contribution >= 4 is 17.3 Å². The molecule has 0 radical (unpaired) electrons. The van der Waals surface area contributed by atoms with Crippen LogP contribution in [0.4, 0.5) is 5.69 Å². The van der Waals surface area contributed by atoms with Crippen molar-refractivity contribution in [1.82, 2.24) is 0 Å². The first-order valence-corrected chi connectivity index (χ1v) is 6.76. The van der Waals surface area contributed by atoms with Crippen molar-refractivity contribution < 1.29 is 9.47 Å². The average Bonchev–Trinajstić information content (AvgIpc) is 2.47. The lowest BCUT2D eigenvalue weighted by Crippen LogP contribution is -2.05. The minimum atomic E-state index is 0.572. The first kappa shape index (κ1) is 14.7. The summed E-state index contributed by atoms with van der Waals surface area (Å²) in [6, 6.07) is 13.7. The minimum absolute atomic E-state index is 0.572. The Morgan fingerprint density at radius 1 is 1.05 bits per heavy atom. The molecule has 2 aromatic carbocycles. The second-order valence-electron chi connectivity index (χ2n) is 4.36. The molecule has 0 aliphatic carbocycles. The first-order chi connectivity index (χ1) is 9.76. The molecule has 2 rings (SSSR count). The van der Waals surface area contributed by atoms with Gasteiger partial charge in [-0.3, -0.25) is 0 Å². The summed E-state index contributed by atoms with van der Waals surface area (Å²) >= 11 is 6.23. The topological polar surface area (TPSA) is 30.5 Å². The molecule has 0 saturated carbocycles. The second kappa shape index (κ2) is 7.17. The predicted octanol–water partition coefficient (Wildman–Crippen LogP) is 4.11. The van der Waals surface area contributed by atoms with E-state index in [9.17, 15) is 0 Å². The number of para-hydroxylation sites is 1. The highest BCUT2D eigenvalue weighted by atomic mass is 35.5. The molecule has 0 bridgehead atoms. The number of halogens is 1. The van der Waals surface area contributed by atoms with Gasteiger partial charge in [-0.1, -0.05) is 35.9 Å². The van der Waals surface area contributed by atoms with E-state index in [1.165, 1.54) is 0 Å². The quantitative estimate of drug-likeness (QED) is 0.869. The fourth-order valence-corrected chi connectivity index (χ4v) is 2.29. The highest BCUT2D eigenvalue weighted by molar-refractivity contribution is 6.31. The van der Waals surface area contributed by atoms with Crippen molar-refractivity contribution in [2.24, 2.45) is 0 Å². The molecular weight excluding hydrogens is 274 g/mol. The number of anilines is 1. The Hall–Kier alpha value is -1.71. The molecule has 106 valence electrons. The van der Waals surface area contributed by atoms with Crippen LogP contribution >= 0.6 is 11.6 Å². The summed E-state index contributed by atoms with van der Waals surface area (Å²) in [7, 11) is 3.34. The lowest BCUT2D eigenvalue weighted by Gasteiger charge is -2.14. The van der Waals surface area contributed by atoms with Gasteiger partial charge in [0.15, 0.2) is 0 Å². The summed E-state index contributed by atoms with van der Waals surface area (Å²) in [4.78, 5) is 0. The maximum atomic E-state index is 6.23. The van der Waals surface area contributed by atoms with Crippen LogP contribution in [0.2, 0.25) is 5.02 Å². The van der Waals surface area contributed by atoms with E-state index in [1.807, 2.05) is 42.5 Å². The largest absolute Gasteiger partial charge is 0.496 e. The third kappa shape index (κ3) is 3.44. The third-order valence-electron chi connectivity index (χ3n) is 3.07. The zero-order valence-electron chi connectivity index (χ0n) is 11.7. The molecular formula is C16H18ClNO2. The molecule has 0 heterocycles. The Kier molecular flexibility index (Phi) is 5.27. The Morgan fingerprint density at radius 2 is 1.85 bits per heavy atom. The van der Waals surface area contributed by atoms with Gasteiger partial charge < -0.3 is 14.8 Å². The Balaban J connectivity index is 2.17. The van der Waals surface area contributed by atoms with Crippen LogP contribution in [0.25, 0.3) is 0 Å². The maximum Gasteiger partial charge on any atom is 0.125 e. The molecule has 0 fully saturated rings. The number of methoxy groups -OCH3 is 2. The number of hydrogen-bond acceptors (Lipinski definition) is 3. The van der Waals surface area contributed by atoms with Crippen LogP contribution in [0.5, 0.6) is 5.75 Å². The van der Waals surface area contributed by atoms with Gasteiger partial charge >= 0.3 is 0 Å². The molecule has 3 nitrogen and oxygen atoms in total. The van der Waals surface area contributed by atoms with E-state index in [4.69, 9.17) is 21.1 Å². The van der Waals surface area contributed by atoms with Gasteiger partial charge in [0.25, 0.3) is 0 Å². The van der Waals surface area contributed by atoms with Crippen molar-refractivity contribution in [3.63, 3.8) is 0 Å². The maximum absolute atomic E-state index is 6.23. The van der Waals surface area contributed by atoms with Gasteiger partial charge in [0.05, 0.1) is 13.7 Å². The van der Waals surface area contributed by atoms with E-state index in [-0.39, 0.29) is 0 Å². The van der Waals surface area contributed by atoms with Crippen molar-refractivity contribution in [1.29, 1.82) is 0 Å². The van der Waals surface area contributed by atoms with Crippen LogP contribution in [0, 0.1) is 0 Å². The van der Waals surface area contributed by atoms with Gasteiger partial charge in [0.1, 0.15) is 5.75 Å². The standard InChI is InChI=1S/C16H18ClNO2/c1-19-11-12-6-3-4-8-15(12)18-10-13-14(17)7-5-9-16(13)20-2/h3-9,18H,10-11H2,1-2H3. The van der Waals surface area contributed by atoms with Crippen LogP contribution in [0.15, 0.2) is 42.5 Å². The molecule has 2 aromatic rings. The van der Waals surface area contributed by atoms with Gasteiger partial charge in [0, 0.05) is 35.5 Å². The third-order valence-corrected chi connectivity index (χ3v) is 3.42. The molecule has 0 amide bonds. The molecule has 0 spiro atoms. The Morgan fingerprint density at radius 3 is 2.60 bits per heavy atom. The molecule has 4 heteroatoms. The summed E-state index contributed by atoms with van der Waals surface area (Å²) in [5.74, 6) is 0.786. The number of hydrogen-bond donors (Lipinski definition) is 1. The molecule has 1 N–H and O–H groups in total. The Bertz CT molecular complexity index is 572. The van der Waals surface area contributed by atoms with Crippen LogP contribution in [0.1, 0.15) is 11.1 Å². The predicted molar refractivity (Wildman–Crippen MR) is 82.5 cm³/mol. The molecule has 0 unspecified atom stereocenters. The van der Waals surface area contributed by atoms with Crippen molar-refractivity contribution in [3.8, 4) is 5.75 Å². The molecule has 0 aliphatic heterocycles. The van der Waals surface area contributed by atoms with Crippen LogP contribution < -0.4 is 10.1 Å². The second-order valence-corrected chi connectivity index (χ2v) is 4.77. The van der Waals surface area contributed by atoms with Crippen molar-refractivity contribution in [2.45, 2.75) is 13.2 Å². The summed E-state index contributed by atoms with van der Waals surface area (Å²) in [6.45, 7) is 1.17.